The fourth-order valence-electron chi connectivity index (χ4n) is 3.73. The fourth-order valence-corrected chi connectivity index (χ4v) is 3.73. The summed E-state index contributed by atoms with van der Waals surface area (Å²) in [5.41, 5.74) is 3.82. The Morgan fingerprint density at radius 3 is 2.30 bits per heavy atom. The molecule has 0 atom stereocenters. The van der Waals surface area contributed by atoms with Crippen LogP contribution in [0.4, 0.5) is 5.69 Å². The van der Waals surface area contributed by atoms with Gasteiger partial charge in [0.1, 0.15) is 11.5 Å². The first-order chi connectivity index (χ1) is 13.3. The SMILES string of the molecule is Cc1ccc(N2CCN(CCCc3ccc(-c4ccccc4)o3)CC2)cc1. The molecule has 2 heterocycles. The third kappa shape index (κ3) is 4.61. The van der Waals surface area contributed by atoms with E-state index >= 15 is 0 Å². The Labute approximate surface area is 162 Å². The van der Waals surface area contributed by atoms with E-state index in [9.17, 15) is 0 Å². The number of furan rings is 1. The molecule has 1 fully saturated rings. The van der Waals surface area contributed by atoms with Crippen molar-refractivity contribution in [2.24, 2.45) is 0 Å². The molecule has 0 N–H and O–H groups in total. The van der Waals surface area contributed by atoms with Crippen LogP contribution in [0.15, 0.2) is 71.1 Å². The van der Waals surface area contributed by atoms with Gasteiger partial charge in [-0.2, -0.15) is 0 Å². The number of anilines is 1. The quantitative estimate of drug-likeness (QED) is 0.616. The van der Waals surface area contributed by atoms with Crippen LogP contribution >= 0.6 is 0 Å². The molecule has 0 unspecified atom stereocenters. The highest BCUT2D eigenvalue weighted by Crippen LogP contribution is 2.22. The molecule has 0 spiro atoms. The van der Waals surface area contributed by atoms with Crippen molar-refractivity contribution in [1.82, 2.24) is 4.90 Å². The second-order valence-corrected chi connectivity index (χ2v) is 7.40. The van der Waals surface area contributed by atoms with Crippen molar-refractivity contribution in [2.45, 2.75) is 19.8 Å². The average Bonchev–Trinajstić information content (AvgIpc) is 3.19. The van der Waals surface area contributed by atoms with Crippen LogP contribution in [0.1, 0.15) is 17.7 Å². The molecule has 0 radical (unpaired) electrons. The van der Waals surface area contributed by atoms with Gasteiger partial charge in [0.15, 0.2) is 0 Å². The maximum absolute atomic E-state index is 6.02. The summed E-state index contributed by atoms with van der Waals surface area (Å²) in [7, 11) is 0. The molecule has 0 saturated carbocycles. The highest BCUT2D eigenvalue weighted by atomic mass is 16.3. The number of rotatable bonds is 6. The van der Waals surface area contributed by atoms with Gasteiger partial charge in [-0.3, -0.25) is 4.90 Å². The zero-order chi connectivity index (χ0) is 18.5. The van der Waals surface area contributed by atoms with E-state index in [1.54, 1.807) is 0 Å². The lowest BCUT2D eigenvalue weighted by molar-refractivity contribution is 0.253. The normalized spacial score (nSPS) is 15.2. The number of nitrogens with zero attached hydrogens (tertiary/aromatic N) is 2. The fraction of sp³-hybridized carbons (Fsp3) is 0.333. The maximum atomic E-state index is 6.02. The third-order valence-corrected chi connectivity index (χ3v) is 5.39. The molecule has 3 aromatic rings. The molecule has 0 aliphatic carbocycles. The molecule has 140 valence electrons. The molecule has 0 amide bonds. The zero-order valence-electron chi connectivity index (χ0n) is 16.1. The molecule has 3 heteroatoms. The molecular formula is C24H28N2O. The molecule has 1 aliphatic rings. The van der Waals surface area contributed by atoms with Gasteiger partial charge in [-0.15, -0.1) is 0 Å². The van der Waals surface area contributed by atoms with Crippen LogP contribution < -0.4 is 4.90 Å². The summed E-state index contributed by atoms with van der Waals surface area (Å²) >= 11 is 0. The second-order valence-electron chi connectivity index (χ2n) is 7.40. The number of hydrogen-bond acceptors (Lipinski definition) is 3. The van der Waals surface area contributed by atoms with Crippen LogP contribution in [0, 0.1) is 6.92 Å². The summed E-state index contributed by atoms with van der Waals surface area (Å²) in [5, 5.41) is 0. The minimum Gasteiger partial charge on any atom is -0.461 e. The van der Waals surface area contributed by atoms with Gasteiger partial charge >= 0.3 is 0 Å². The summed E-state index contributed by atoms with van der Waals surface area (Å²) in [6, 6.07) is 23.4. The molecule has 0 bridgehead atoms. The smallest absolute Gasteiger partial charge is 0.134 e. The van der Waals surface area contributed by atoms with E-state index in [4.69, 9.17) is 4.42 Å². The standard InChI is InChI=1S/C24H28N2O/c1-20-9-11-22(12-10-20)26-18-16-25(17-19-26)15-5-8-23-13-14-24(27-23)21-6-3-2-4-7-21/h2-4,6-7,9-14H,5,8,15-19H2,1H3. The highest BCUT2D eigenvalue weighted by Gasteiger charge is 2.17. The van der Waals surface area contributed by atoms with E-state index < -0.39 is 0 Å². The van der Waals surface area contributed by atoms with Gasteiger partial charge in [0.05, 0.1) is 0 Å². The van der Waals surface area contributed by atoms with Gasteiger partial charge in [0, 0.05) is 43.9 Å². The molecule has 27 heavy (non-hydrogen) atoms. The van der Waals surface area contributed by atoms with Crippen molar-refractivity contribution in [3.05, 3.63) is 78.1 Å². The Morgan fingerprint density at radius 2 is 1.56 bits per heavy atom. The first kappa shape index (κ1) is 17.9. The van der Waals surface area contributed by atoms with E-state index in [1.165, 1.54) is 11.3 Å². The lowest BCUT2D eigenvalue weighted by Crippen LogP contribution is -2.46. The maximum Gasteiger partial charge on any atom is 0.134 e. The Morgan fingerprint density at radius 1 is 0.815 bits per heavy atom. The predicted octanol–water partition coefficient (Wildman–Crippen LogP) is 5.01. The van der Waals surface area contributed by atoms with Gasteiger partial charge in [0.25, 0.3) is 0 Å². The van der Waals surface area contributed by atoms with E-state index in [0.717, 1.165) is 62.6 Å². The van der Waals surface area contributed by atoms with E-state index in [-0.39, 0.29) is 0 Å². The molecule has 1 aliphatic heterocycles. The van der Waals surface area contributed by atoms with Crippen molar-refractivity contribution < 1.29 is 4.42 Å². The van der Waals surface area contributed by atoms with Crippen molar-refractivity contribution in [3.8, 4) is 11.3 Å². The Balaban J connectivity index is 1.22. The molecule has 1 aromatic heterocycles. The van der Waals surface area contributed by atoms with E-state index in [2.05, 4.69) is 65.3 Å². The Kier molecular flexibility index (Phi) is 5.59. The monoisotopic (exact) mass is 360 g/mol. The second kappa shape index (κ2) is 8.45. The largest absolute Gasteiger partial charge is 0.461 e. The molecule has 4 rings (SSSR count). The number of piperazine rings is 1. The van der Waals surface area contributed by atoms with Crippen molar-refractivity contribution in [2.75, 3.05) is 37.6 Å². The Hall–Kier alpha value is -2.52. The minimum absolute atomic E-state index is 0.970. The molecule has 3 nitrogen and oxygen atoms in total. The lowest BCUT2D eigenvalue weighted by atomic mass is 10.2. The van der Waals surface area contributed by atoms with Crippen LogP contribution in [-0.2, 0) is 6.42 Å². The van der Waals surface area contributed by atoms with Crippen LogP contribution in [0.25, 0.3) is 11.3 Å². The predicted molar refractivity (Wildman–Crippen MR) is 112 cm³/mol. The van der Waals surface area contributed by atoms with Gasteiger partial charge in [-0.05, 0) is 44.2 Å². The zero-order valence-corrected chi connectivity index (χ0v) is 16.1. The third-order valence-electron chi connectivity index (χ3n) is 5.39. The van der Waals surface area contributed by atoms with Gasteiger partial charge in [-0.1, -0.05) is 48.0 Å². The van der Waals surface area contributed by atoms with Crippen LogP contribution in [-0.4, -0.2) is 37.6 Å². The van der Waals surface area contributed by atoms with Crippen molar-refractivity contribution >= 4 is 5.69 Å². The molecule has 2 aromatic carbocycles. The van der Waals surface area contributed by atoms with Crippen molar-refractivity contribution in [1.29, 1.82) is 0 Å². The summed E-state index contributed by atoms with van der Waals surface area (Å²) in [6.07, 6.45) is 2.15. The highest BCUT2D eigenvalue weighted by molar-refractivity contribution is 5.57. The van der Waals surface area contributed by atoms with Gasteiger partial charge < -0.3 is 9.32 Å². The van der Waals surface area contributed by atoms with Crippen LogP contribution in [0.3, 0.4) is 0 Å². The molecule has 1 saturated heterocycles. The summed E-state index contributed by atoms with van der Waals surface area (Å²) in [4.78, 5) is 5.07. The van der Waals surface area contributed by atoms with Crippen LogP contribution in [0.5, 0.6) is 0 Å². The van der Waals surface area contributed by atoms with Gasteiger partial charge in [0.2, 0.25) is 0 Å². The number of aryl methyl sites for hydroxylation is 2. The minimum atomic E-state index is 0.970. The molecular weight excluding hydrogens is 332 g/mol. The summed E-state index contributed by atoms with van der Waals surface area (Å²) in [5.74, 6) is 2.06. The number of hydrogen-bond donors (Lipinski definition) is 0. The van der Waals surface area contributed by atoms with Gasteiger partial charge in [-0.25, -0.2) is 0 Å². The Bertz CT molecular complexity index is 830. The summed E-state index contributed by atoms with van der Waals surface area (Å²) < 4.78 is 6.02. The summed E-state index contributed by atoms with van der Waals surface area (Å²) in [6.45, 7) is 7.79. The first-order valence-electron chi connectivity index (χ1n) is 9.96. The van der Waals surface area contributed by atoms with E-state index in [0.29, 0.717) is 0 Å². The average molecular weight is 361 g/mol. The number of benzene rings is 2. The van der Waals surface area contributed by atoms with Crippen molar-refractivity contribution in [3.63, 3.8) is 0 Å². The topological polar surface area (TPSA) is 19.6 Å². The van der Waals surface area contributed by atoms with Crippen LogP contribution in [0.2, 0.25) is 0 Å². The lowest BCUT2D eigenvalue weighted by Gasteiger charge is -2.36. The van der Waals surface area contributed by atoms with E-state index in [1.807, 2.05) is 18.2 Å². The first-order valence-corrected chi connectivity index (χ1v) is 9.96.